The maximum Gasteiger partial charge on any atom is 0.0506 e. The van der Waals surface area contributed by atoms with E-state index in [1.807, 2.05) is 0 Å². The highest BCUT2D eigenvalue weighted by atomic mass is 35.5. The Kier molecular flexibility index (Phi) is 1.65. The molecule has 2 aliphatic heterocycles. The molecular weight excluding hydrogens is 146 g/mol. The highest BCUT2D eigenvalue weighted by molar-refractivity contribution is 6.21. The third-order valence-corrected chi connectivity index (χ3v) is 3.42. The summed E-state index contributed by atoms with van der Waals surface area (Å²) in [6.45, 7) is 4.85. The van der Waals surface area contributed by atoms with Gasteiger partial charge in [0.15, 0.2) is 0 Å². The maximum atomic E-state index is 6.17. The predicted molar refractivity (Wildman–Crippen MR) is 43.4 cm³/mol. The molecule has 2 fully saturated rings. The molecule has 1 nitrogen and oxygen atoms in total. The summed E-state index contributed by atoms with van der Waals surface area (Å²) in [6.07, 6.45) is 2.56. The molecule has 0 radical (unpaired) electrons. The van der Waals surface area contributed by atoms with Gasteiger partial charge in [0.05, 0.1) is 5.38 Å². The van der Waals surface area contributed by atoms with Gasteiger partial charge < -0.3 is 0 Å². The fraction of sp³-hybridized carbons (Fsp3) is 1.00. The minimum absolute atomic E-state index is 0.442. The van der Waals surface area contributed by atoms with E-state index in [0.29, 0.717) is 11.4 Å². The molecule has 0 spiro atoms. The third-order valence-electron chi connectivity index (χ3n) is 2.94. The number of fused-ring (bicyclic) bond motifs is 1. The highest BCUT2D eigenvalue weighted by Gasteiger charge is 2.40. The Morgan fingerprint density at radius 2 is 2.00 bits per heavy atom. The summed E-state index contributed by atoms with van der Waals surface area (Å²) in [5.74, 6) is 0.838. The second kappa shape index (κ2) is 2.38. The van der Waals surface area contributed by atoms with Crippen molar-refractivity contribution in [2.75, 3.05) is 13.1 Å². The minimum Gasteiger partial charge on any atom is -0.299 e. The molecular formula is C8H14ClN. The van der Waals surface area contributed by atoms with Crippen molar-refractivity contribution >= 4 is 11.6 Å². The maximum absolute atomic E-state index is 6.17. The monoisotopic (exact) mass is 159 g/mol. The van der Waals surface area contributed by atoms with Crippen LogP contribution in [0.1, 0.15) is 19.8 Å². The lowest BCUT2D eigenvalue weighted by molar-refractivity contribution is 0.300. The van der Waals surface area contributed by atoms with Gasteiger partial charge in [-0.15, -0.1) is 11.6 Å². The predicted octanol–water partition coefficient (Wildman–Crippen LogP) is 1.71. The largest absolute Gasteiger partial charge is 0.299 e. The zero-order valence-electron chi connectivity index (χ0n) is 6.39. The summed E-state index contributed by atoms with van der Waals surface area (Å²) in [4.78, 5) is 2.54. The Labute approximate surface area is 67.3 Å². The average Bonchev–Trinajstić information content (AvgIpc) is 2.40. The molecule has 0 aromatic heterocycles. The zero-order chi connectivity index (χ0) is 7.14. The van der Waals surface area contributed by atoms with Crippen molar-refractivity contribution in [3.8, 4) is 0 Å². The molecule has 0 aliphatic carbocycles. The van der Waals surface area contributed by atoms with Crippen molar-refractivity contribution in [2.24, 2.45) is 5.92 Å². The van der Waals surface area contributed by atoms with Gasteiger partial charge in [-0.2, -0.15) is 0 Å². The fourth-order valence-corrected chi connectivity index (χ4v) is 2.86. The molecule has 0 aromatic rings. The van der Waals surface area contributed by atoms with Crippen LogP contribution in [-0.2, 0) is 0 Å². The molecule has 2 heterocycles. The van der Waals surface area contributed by atoms with Crippen LogP contribution in [0.3, 0.4) is 0 Å². The second-order valence-electron chi connectivity index (χ2n) is 3.60. The Morgan fingerprint density at radius 3 is 2.70 bits per heavy atom. The quantitative estimate of drug-likeness (QED) is 0.487. The Bertz CT molecular complexity index is 123. The van der Waals surface area contributed by atoms with E-state index < -0.39 is 0 Å². The van der Waals surface area contributed by atoms with Crippen molar-refractivity contribution in [3.05, 3.63) is 0 Å². The first-order chi connectivity index (χ1) is 4.79. The van der Waals surface area contributed by atoms with Crippen LogP contribution in [0.4, 0.5) is 0 Å². The molecule has 58 valence electrons. The van der Waals surface area contributed by atoms with Crippen LogP contribution < -0.4 is 0 Å². The summed E-state index contributed by atoms with van der Waals surface area (Å²) in [5, 5.41) is 0.442. The minimum atomic E-state index is 0.442. The molecule has 0 bridgehead atoms. The van der Waals surface area contributed by atoms with E-state index in [2.05, 4.69) is 11.8 Å². The van der Waals surface area contributed by atoms with E-state index in [9.17, 15) is 0 Å². The SMILES string of the molecule is CC1CCN2CCC(Cl)C12. The Hall–Kier alpha value is 0.250. The summed E-state index contributed by atoms with van der Waals surface area (Å²) < 4.78 is 0. The molecule has 3 atom stereocenters. The van der Waals surface area contributed by atoms with E-state index in [1.54, 1.807) is 0 Å². The van der Waals surface area contributed by atoms with E-state index in [4.69, 9.17) is 11.6 Å². The number of halogens is 1. The number of hydrogen-bond acceptors (Lipinski definition) is 1. The van der Waals surface area contributed by atoms with E-state index in [0.717, 1.165) is 5.92 Å². The van der Waals surface area contributed by atoms with E-state index in [1.165, 1.54) is 25.9 Å². The van der Waals surface area contributed by atoms with Gasteiger partial charge in [-0.05, 0) is 31.8 Å². The first-order valence-corrected chi connectivity index (χ1v) is 4.61. The van der Waals surface area contributed by atoms with Crippen LogP contribution in [0.15, 0.2) is 0 Å². The molecule has 0 N–H and O–H groups in total. The van der Waals surface area contributed by atoms with Crippen molar-refractivity contribution in [3.63, 3.8) is 0 Å². The zero-order valence-corrected chi connectivity index (χ0v) is 7.14. The second-order valence-corrected chi connectivity index (χ2v) is 4.16. The molecule has 2 saturated heterocycles. The lowest BCUT2D eigenvalue weighted by atomic mass is 10.0. The van der Waals surface area contributed by atoms with Crippen molar-refractivity contribution in [1.29, 1.82) is 0 Å². The summed E-state index contributed by atoms with van der Waals surface area (Å²) in [7, 11) is 0. The summed E-state index contributed by atoms with van der Waals surface area (Å²) >= 11 is 6.17. The molecule has 10 heavy (non-hydrogen) atoms. The first kappa shape index (κ1) is 6.93. The van der Waals surface area contributed by atoms with Gasteiger partial charge in [-0.3, -0.25) is 4.90 Å². The lowest BCUT2D eigenvalue weighted by Crippen LogP contribution is -2.30. The number of hydrogen-bond donors (Lipinski definition) is 0. The van der Waals surface area contributed by atoms with Gasteiger partial charge in [0.1, 0.15) is 0 Å². The molecule has 2 rings (SSSR count). The Morgan fingerprint density at radius 1 is 1.30 bits per heavy atom. The van der Waals surface area contributed by atoms with Crippen LogP contribution in [0.5, 0.6) is 0 Å². The van der Waals surface area contributed by atoms with Crippen LogP contribution in [0.25, 0.3) is 0 Å². The Balaban J connectivity index is 2.11. The van der Waals surface area contributed by atoms with Gasteiger partial charge in [0.25, 0.3) is 0 Å². The van der Waals surface area contributed by atoms with Crippen LogP contribution in [-0.4, -0.2) is 29.4 Å². The number of nitrogens with zero attached hydrogens (tertiary/aromatic N) is 1. The summed E-state index contributed by atoms with van der Waals surface area (Å²) in [5.41, 5.74) is 0. The van der Waals surface area contributed by atoms with Gasteiger partial charge in [-0.1, -0.05) is 6.92 Å². The number of alkyl halides is 1. The topological polar surface area (TPSA) is 3.24 Å². The molecule has 2 aliphatic rings. The van der Waals surface area contributed by atoms with Crippen LogP contribution >= 0.6 is 11.6 Å². The van der Waals surface area contributed by atoms with Crippen molar-refractivity contribution in [1.82, 2.24) is 4.90 Å². The van der Waals surface area contributed by atoms with Gasteiger partial charge in [0.2, 0.25) is 0 Å². The number of rotatable bonds is 0. The lowest BCUT2D eigenvalue weighted by Gasteiger charge is -2.19. The van der Waals surface area contributed by atoms with Gasteiger partial charge in [-0.25, -0.2) is 0 Å². The third kappa shape index (κ3) is 0.876. The van der Waals surface area contributed by atoms with Crippen molar-refractivity contribution < 1.29 is 0 Å². The smallest absolute Gasteiger partial charge is 0.0506 e. The highest BCUT2D eigenvalue weighted by Crippen LogP contribution is 2.35. The molecule has 0 aromatic carbocycles. The average molecular weight is 160 g/mol. The van der Waals surface area contributed by atoms with Gasteiger partial charge >= 0.3 is 0 Å². The normalized spacial score (nSPS) is 48.0. The fourth-order valence-electron chi connectivity index (χ4n) is 2.36. The van der Waals surface area contributed by atoms with E-state index in [-0.39, 0.29) is 0 Å². The van der Waals surface area contributed by atoms with E-state index >= 15 is 0 Å². The van der Waals surface area contributed by atoms with Crippen LogP contribution in [0.2, 0.25) is 0 Å². The van der Waals surface area contributed by atoms with Gasteiger partial charge in [0, 0.05) is 6.04 Å². The standard InChI is InChI=1S/C8H14ClN/c1-6-2-4-10-5-3-7(9)8(6)10/h6-8H,2-5H2,1H3. The molecule has 0 amide bonds. The first-order valence-electron chi connectivity index (χ1n) is 4.17. The van der Waals surface area contributed by atoms with Crippen molar-refractivity contribution in [2.45, 2.75) is 31.2 Å². The molecule has 3 unspecified atom stereocenters. The summed E-state index contributed by atoms with van der Waals surface area (Å²) in [6, 6.07) is 0.710. The molecule has 0 saturated carbocycles. The molecule has 2 heteroatoms. The van der Waals surface area contributed by atoms with Crippen LogP contribution in [0, 0.1) is 5.92 Å².